The van der Waals surface area contributed by atoms with Gasteiger partial charge in [0.25, 0.3) is 10.0 Å². The van der Waals surface area contributed by atoms with Crippen molar-refractivity contribution in [3.63, 3.8) is 0 Å². The number of halogens is 1. The van der Waals surface area contributed by atoms with Gasteiger partial charge in [0.1, 0.15) is 12.3 Å². The van der Waals surface area contributed by atoms with Crippen LogP contribution in [0, 0.1) is 6.92 Å². The second kappa shape index (κ2) is 11.5. The molecular weight excluding hydrogens is 508 g/mol. The Balaban J connectivity index is 1.70. The first-order chi connectivity index (χ1) is 17.8. The molecule has 0 heterocycles. The van der Waals surface area contributed by atoms with Crippen LogP contribution < -0.4 is 14.4 Å². The number of rotatable bonds is 9. The summed E-state index contributed by atoms with van der Waals surface area (Å²) in [6, 6.07) is 29.5. The van der Waals surface area contributed by atoms with Crippen molar-refractivity contribution in [1.29, 1.82) is 0 Å². The van der Waals surface area contributed by atoms with E-state index in [-0.39, 0.29) is 15.6 Å². The molecule has 4 aromatic rings. The number of hydrogen-bond acceptors (Lipinski definition) is 4. The minimum Gasteiger partial charge on any atom is -0.495 e. The monoisotopic (exact) mass is 534 g/mol. The topological polar surface area (TPSA) is 75.7 Å². The summed E-state index contributed by atoms with van der Waals surface area (Å²) < 4.78 is 33.6. The molecule has 0 aliphatic rings. The Bertz CT molecular complexity index is 1460. The molecule has 0 radical (unpaired) electrons. The van der Waals surface area contributed by atoms with E-state index >= 15 is 0 Å². The number of carbonyl (C=O) groups excluding carboxylic acids is 1. The number of anilines is 1. The fraction of sp³-hybridized carbons (Fsp3) is 0.138. The van der Waals surface area contributed by atoms with E-state index in [4.69, 9.17) is 16.3 Å². The summed E-state index contributed by atoms with van der Waals surface area (Å²) >= 11 is 6.32. The summed E-state index contributed by atoms with van der Waals surface area (Å²) in [5.41, 5.74) is 3.11. The van der Waals surface area contributed by atoms with Crippen LogP contribution in [0.15, 0.2) is 108 Å². The zero-order valence-corrected chi connectivity index (χ0v) is 22.0. The molecule has 0 fully saturated rings. The summed E-state index contributed by atoms with van der Waals surface area (Å²) in [7, 11) is -2.61. The van der Waals surface area contributed by atoms with Crippen molar-refractivity contribution >= 4 is 33.2 Å². The van der Waals surface area contributed by atoms with E-state index in [9.17, 15) is 13.2 Å². The Kier molecular flexibility index (Phi) is 8.16. The molecule has 1 atom stereocenters. The fourth-order valence-corrected chi connectivity index (χ4v) is 5.63. The molecule has 0 aromatic heterocycles. The molecule has 190 valence electrons. The lowest BCUT2D eigenvalue weighted by atomic mass is 9.98. The van der Waals surface area contributed by atoms with Crippen LogP contribution in [-0.2, 0) is 14.8 Å². The molecule has 0 aliphatic carbocycles. The van der Waals surface area contributed by atoms with Crippen molar-refractivity contribution in [1.82, 2.24) is 5.32 Å². The highest BCUT2D eigenvalue weighted by atomic mass is 35.5. The van der Waals surface area contributed by atoms with Gasteiger partial charge in [-0.2, -0.15) is 0 Å². The molecule has 0 unspecified atom stereocenters. The second-order valence-electron chi connectivity index (χ2n) is 8.47. The van der Waals surface area contributed by atoms with E-state index in [1.54, 1.807) is 30.3 Å². The lowest BCUT2D eigenvalue weighted by molar-refractivity contribution is -0.120. The van der Waals surface area contributed by atoms with E-state index in [1.165, 1.54) is 25.3 Å². The number of nitrogens with one attached hydrogen (secondary N) is 1. The maximum Gasteiger partial charge on any atom is 0.264 e. The minimum absolute atomic E-state index is 0.0629. The molecule has 4 aromatic carbocycles. The van der Waals surface area contributed by atoms with Crippen molar-refractivity contribution in [2.24, 2.45) is 0 Å². The predicted octanol–water partition coefficient (Wildman–Crippen LogP) is 5.76. The number of benzene rings is 4. The van der Waals surface area contributed by atoms with Crippen LogP contribution in [0.1, 0.15) is 22.7 Å². The molecule has 1 amide bonds. The normalized spacial score (nSPS) is 12.0. The molecular formula is C29H27ClN2O4S. The van der Waals surface area contributed by atoms with Crippen LogP contribution in [0.4, 0.5) is 5.69 Å². The first-order valence-electron chi connectivity index (χ1n) is 11.6. The zero-order chi connectivity index (χ0) is 26.4. The van der Waals surface area contributed by atoms with Crippen LogP contribution in [0.5, 0.6) is 5.75 Å². The molecule has 0 spiro atoms. The third kappa shape index (κ3) is 6.13. The highest BCUT2D eigenvalue weighted by molar-refractivity contribution is 7.92. The van der Waals surface area contributed by atoms with Crippen LogP contribution in [0.3, 0.4) is 0 Å². The van der Waals surface area contributed by atoms with Gasteiger partial charge in [0, 0.05) is 0 Å². The van der Waals surface area contributed by atoms with Crippen LogP contribution >= 0.6 is 11.6 Å². The number of hydrogen-bond donors (Lipinski definition) is 1. The summed E-state index contributed by atoms with van der Waals surface area (Å²) in [4.78, 5) is 13.5. The Morgan fingerprint density at radius 2 is 1.49 bits per heavy atom. The van der Waals surface area contributed by atoms with Crippen molar-refractivity contribution < 1.29 is 17.9 Å². The highest BCUT2D eigenvalue weighted by Gasteiger charge is 2.29. The molecule has 4 rings (SSSR count). The van der Waals surface area contributed by atoms with E-state index in [0.717, 1.165) is 21.0 Å². The molecule has 6 nitrogen and oxygen atoms in total. The standard InChI is InChI=1S/C29H27ClN2O4S/c1-21-13-15-23(16-14-21)29(22-9-5-3-6-10-22)31-28(33)20-32(24-17-18-27(36-2)26(30)19-24)37(34,35)25-11-7-4-8-12-25/h3-19,29H,20H2,1-2H3,(H,31,33)/t29-/m0/s1. The number of nitrogens with zero attached hydrogens (tertiary/aromatic N) is 1. The molecule has 37 heavy (non-hydrogen) atoms. The molecule has 0 saturated heterocycles. The van der Waals surface area contributed by atoms with Crippen molar-refractivity contribution in [2.45, 2.75) is 17.9 Å². The highest BCUT2D eigenvalue weighted by Crippen LogP contribution is 2.32. The number of sulfonamides is 1. The van der Waals surface area contributed by atoms with Gasteiger partial charge < -0.3 is 10.1 Å². The lowest BCUT2D eigenvalue weighted by Crippen LogP contribution is -2.42. The Hall–Kier alpha value is -3.81. The van der Waals surface area contributed by atoms with Gasteiger partial charge in [0.2, 0.25) is 5.91 Å². The van der Waals surface area contributed by atoms with Crippen molar-refractivity contribution in [3.05, 3.63) is 125 Å². The zero-order valence-electron chi connectivity index (χ0n) is 20.5. The number of ether oxygens (including phenoxy) is 1. The van der Waals surface area contributed by atoms with Gasteiger partial charge in [0.05, 0.1) is 28.8 Å². The summed E-state index contributed by atoms with van der Waals surface area (Å²) in [5.74, 6) is -0.0729. The van der Waals surface area contributed by atoms with E-state index in [0.29, 0.717) is 5.75 Å². The predicted molar refractivity (Wildman–Crippen MR) is 147 cm³/mol. The summed E-state index contributed by atoms with van der Waals surface area (Å²) in [6.45, 7) is 1.54. The molecule has 0 bridgehead atoms. The lowest BCUT2D eigenvalue weighted by Gasteiger charge is -2.26. The minimum atomic E-state index is -4.08. The third-order valence-corrected chi connectivity index (χ3v) is 7.97. The maximum atomic E-state index is 13.7. The van der Waals surface area contributed by atoms with Gasteiger partial charge in [-0.15, -0.1) is 0 Å². The van der Waals surface area contributed by atoms with Gasteiger partial charge in [-0.25, -0.2) is 8.42 Å². The summed E-state index contributed by atoms with van der Waals surface area (Å²) in [5, 5.41) is 3.26. The van der Waals surface area contributed by atoms with Gasteiger partial charge in [0.15, 0.2) is 0 Å². The summed E-state index contributed by atoms with van der Waals surface area (Å²) in [6.07, 6.45) is 0. The average molecular weight is 535 g/mol. The van der Waals surface area contributed by atoms with Crippen LogP contribution in [0.2, 0.25) is 5.02 Å². The number of carbonyl (C=O) groups is 1. The average Bonchev–Trinajstić information content (AvgIpc) is 2.92. The van der Waals surface area contributed by atoms with Crippen molar-refractivity contribution in [3.8, 4) is 5.75 Å². The van der Waals surface area contributed by atoms with Gasteiger partial charge in [-0.3, -0.25) is 9.10 Å². The maximum absolute atomic E-state index is 13.7. The first kappa shape index (κ1) is 26.3. The number of amides is 1. The second-order valence-corrected chi connectivity index (χ2v) is 10.7. The molecule has 1 N–H and O–H groups in total. The van der Waals surface area contributed by atoms with Crippen molar-refractivity contribution in [2.75, 3.05) is 18.0 Å². The Labute approximate surface area is 222 Å². The number of methoxy groups -OCH3 is 1. The fourth-order valence-electron chi connectivity index (χ4n) is 3.95. The Morgan fingerprint density at radius 1 is 0.892 bits per heavy atom. The SMILES string of the molecule is COc1ccc(N(CC(=O)N[C@@H](c2ccccc2)c2ccc(C)cc2)S(=O)(=O)c2ccccc2)cc1Cl. The number of aryl methyl sites for hydroxylation is 1. The van der Waals surface area contributed by atoms with E-state index in [2.05, 4.69) is 5.32 Å². The van der Waals surface area contributed by atoms with E-state index < -0.39 is 28.5 Å². The van der Waals surface area contributed by atoms with Gasteiger partial charge in [-0.05, 0) is 48.4 Å². The first-order valence-corrected chi connectivity index (χ1v) is 13.4. The van der Waals surface area contributed by atoms with Crippen LogP contribution in [0.25, 0.3) is 0 Å². The largest absolute Gasteiger partial charge is 0.495 e. The molecule has 8 heteroatoms. The molecule has 0 aliphatic heterocycles. The Morgan fingerprint density at radius 3 is 2.08 bits per heavy atom. The quantitative estimate of drug-likeness (QED) is 0.296. The van der Waals surface area contributed by atoms with Crippen LogP contribution in [-0.4, -0.2) is 28.0 Å². The van der Waals surface area contributed by atoms with Gasteiger partial charge in [-0.1, -0.05) is 90.0 Å². The van der Waals surface area contributed by atoms with E-state index in [1.807, 2.05) is 61.5 Å². The third-order valence-electron chi connectivity index (χ3n) is 5.89. The molecule has 0 saturated carbocycles. The smallest absolute Gasteiger partial charge is 0.264 e. The van der Waals surface area contributed by atoms with Gasteiger partial charge >= 0.3 is 0 Å².